The van der Waals surface area contributed by atoms with Gasteiger partial charge in [-0.2, -0.15) is 0 Å². The lowest BCUT2D eigenvalue weighted by Crippen LogP contribution is -2.30. The largest absolute Gasteiger partial charge is 0.499 e. The van der Waals surface area contributed by atoms with Gasteiger partial charge < -0.3 is 18.9 Å². The second-order valence-electron chi connectivity index (χ2n) is 7.44. The van der Waals surface area contributed by atoms with Gasteiger partial charge in [-0.25, -0.2) is 0 Å². The first-order valence-corrected chi connectivity index (χ1v) is 11.3. The van der Waals surface area contributed by atoms with Gasteiger partial charge in [0.1, 0.15) is 13.2 Å². The summed E-state index contributed by atoms with van der Waals surface area (Å²) in [6.45, 7) is 9.17. The monoisotopic (exact) mass is 440 g/mol. The lowest BCUT2D eigenvalue weighted by molar-refractivity contribution is 0.124. The third kappa shape index (κ3) is 10.2. The molecule has 0 bridgehead atoms. The molecule has 0 heterocycles. The van der Waals surface area contributed by atoms with E-state index in [1.165, 1.54) is 55.8 Å². The lowest BCUT2D eigenvalue weighted by atomic mass is 9.65. The summed E-state index contributed by atoms with van der Waals surface area (Å²) in [4.78, 5) is 0. The van der Waals surface area contributed by atoms with E-state index in [1.807, 2.05) is 0 Å². The van der Waals surface area contributed by atoms with Crippen LogP contribution in [-0.4, -0.2) is 40.6 Å². The summed E-state index contributed by atoms with van der Waals surface area (Å²) in [5.41, 5.74) is 3.26. The predicted octanol–water partition coefficient (Wildman–Crippen LogP) is 6.52. The Balaban J connectivity index is 0.000000305. The van der Waals surface area contributed by atoms with E-state index >= 15 is 0 Å². The van der Waals surface area contributed by atoms with Crippen LogP contribution in [0.5, 0.6) is 0 Å². The van der Waals surface area contributed by atoms with Crippen molar-refractivity contribution in [3.05, 3.63) is 97.5 Å². The lowest BCUT2D eigenvalue weighted by Gasteiger charge is -2.38. The molecular formula is C28H40O4. The third-order valence-corrected chi connectivity index (χ3v) is 5.41. The number of benzene rings is 2. The first-order valence-electron chi connectivity index (χ1n) is 11.3. The molecule has 176 valence electrons. The van der Waals surface area contributed by atoms with Gasteiger partial charge in [-0.05, 0) is 24.0 Å². The van der Waals surface area contributed by atoms with Crippen LogP contribution in [0.25, 0.3) is 0 Å². The second-order valence-corrected chi connectivity index (χ2v) is 7.44. The fourth-order valence-corrected chi connectivity index (χ4v) is 3.84. The molecule has 0 aromatic heterocycles. The standard InChI is InChI=1S/C18H20.2C5H10O2/c1-4-10-16(11-5-1)18(14-8-3-9-15-18)17-12-6-2-7-13-17;2*1-3-7-5-4-6-2/h1-2,4-7,10-13H,3,8-9,14-15H2;2*3H,1,4-5H2,2H3. The van der Waals surface area contributed by atoms with E-state index in [1.54, 1.807) is 14.2 Å². The van der Waals surface area contributed by atoms with Crippen molar-refractivity contribution in [1.82, 2.24) is 0 Å². The Morgan fingerprint density at radius 2 is 1.06 bits per heavy atom. The van der Waals surface area contributed by atoms with E-state index in [0.29, 0.717) is 26.4 Å². The van der Waals surface area contributed by atoms with E-state index in [-0.39, 0.29) is 5.41 Å². The first kappa shape index (κ1) is 27.5. The maximum Gasteiger partial charge on any atom is 0.111 e. The van der Waals surface area contributed by atoms with Gasteiger partial charge in [-0.1, -0.05) is 93.1 Å². The molecule has 32 heavy (non-hydrogen) atoms. The van der Waals surface area contributed by atoms with Gasteiger partial charge in [-0.15, -0.1) is 0 Å². The summed E-state index contributed by atoms with van der Waals surface area (Å²) in [5, 5.41) is 0. The van der Waals surface area contributed by atoms with Crippen LogP contribution in [0, 0.1) is 0 Å². The van der Waals surface area contributed by atoms with Crippen LogP contribution in [0.4, 0.5) is 0 Å². The Morgan fingerprint density at radius 3 is 1.41 bits per heavy atom. The molecule has 0 saturated heterocycles. The zero-order chi connectivity index (χ0) is 23.3. The summed E-state index contributed by atoms with van der Waals surface area (Å²) < 4.78 is 18.8. The van der Waals surface area contributed by atoms with Crippen molar-refractivity contribution in [3.8, 4) is 0 Å². The van der Waals surface area contributed by atoms with Crippen molar-refractivity contribution in [2.45, 2.75) is 37.5 Å². The van der Waals surface area contributed by atoms with Gasteiger partial charge in [0, 0.05) is 19.6 Å². The Labute approximate surface area is 194 Å². The highest BCUT2D eigenvalue weighted by Crippen LogP contribution is 2.44. The number of hydrogen-bond acceptors (Lipinski definition) is 4. The van der Waals surface area contributed by atoms with E-state index in [4.69, 9.17) is 9.47 Å². The highest BCUT2D eigenvalue weighted by Gasteiger charge is 2.35. The molecule has 0 atom stereocenters. The molecule has 1 aliphatic carbocycles. The Kier molecular flexibility index (Phi) is 15.5. The highest BCUT2D eigenvalue weighted by molar-refractivity contribution is 5.39. The minimum absolute atomic E-state index is 0.265. The molecule has 0 aliphatic heterocycles. The fourth-order valence-electron chi connectivity index (χ4n) is 3.84. The van der Waals surface area contributed by atoms with Crippen LogP contribution in [0.2, 0.25) is 0 Å². The molecule has 4 nitrogen and oxygen atoms in total. The topological polar surface area (TPSA) is 36.9 Å². The van der Waals surface area contributed by atoms with Crippen molar-refractivity contribution in [2.24, 2.45) is 0 Å². The van der Waals surface area contributed by atoms with Crippen LogP contribution >= 0.6 is 0 Å². The molecule has 2 aromatic rings. The smallest absolute Gasteiger partial charge is 0.111 e. The molecule has 0 radical (unpaired) electrons. The van der Waals surface area contributed by atoms with E-state index in [0.717, 1.165) is 0 Å². The van der Waals surface area contributed by atoms with Crippen molar-refractivity contribution in [2.75, 3.05) is 40.6 Å². The number of hydrogen-bond donors (Lipinski definition) is 0. The molecular weight excluding hydrogens is 400 g/mol. The fraction of sp³-hybridized carbons (Fsp3) is 0.429. The molecule has 2 aromatic carbocycles. The maximum absolute atomic E-state index is 4.71. The van der Waals surface area contributed by atoms with Gasteiger partial charge in [-0.3, -0.25) is 0 Å². The average Bonchev–Trinajstić information content (AvgIpc) is 2.87. The van der Waals surface area contributed by atoms with Gasteiger partial charge >= 0.3 is 0 Å². The van der Waals surface area contributed by atoms with E-state index in [2.05, 4.69) is 83.3 Å². The summed E-state index contributed by atoms with van der Waals surface area (Å²) in [6, 6.07) is 22.1. The van der Waals surface area contributed by atoms with Gasteiger partial charge in [0.25, 0.3) is 0 Å². The SMILES string of the molecule is C=COCCOC.C=COCCOC.c1ccc(C2(c3ccccc3)CCCCC2)cc1. The Bertz CT molecular complexity index is 638. The minimum Gasteiger partial charge on any atom is -0.499 e. The highest BCUT2D eigenvalue weighted by atomic mass is 16.5. The van der Waals surface area contributed by atoms with Crippen LogP contribution in [-0.2, 0) is 24.4 Å². The van der Waals surface area contributed by atoms with Gasteiger partial charge in [0.05, 0.1) is 25.7 Å². The van der Waals surface area contributed by atoms with Crippen LogP contribution in [0.1, 0.15) is 43.2 Å². The quantitative estimate of drug-likeness (QED) is 0.311. The summed E-state index contributed by atoms with van der Waals surface area (Å²) in [7, 11) is 3.26. The molecule has 3 rings (SSSR count). The molecule has 0 spiro atoms. The molecule has 0 N–H and O–H groups in total. The van der Waals surface area contributed by atoms with Crippen molar-refractivity contribution in [1.29, 1.82) is 0 Å². The summed E-state index contributed by atoms with van der Waals surface area (Å²) in [6.07, 6.45) is 9.48. The zero-order valence-electron chi connectivity index (χ0n) is 19.8. The number of rotatable bonds is 10. The van der Waals surface area contributed by atoms with Crippen molar-refractivity contribution >= 4 is 0 Å². The van der Waals surface area contributed by atoms with Crippen molar-refractivity contribution < 1.29 is 18.9 Å². The van der Waals surface area contributed by atoms with E-state index < -0.39 is 0 Å². The normalized spacial score (nSPS) is 13.9. The summed E-state index contributed by atoms with van der Waals surface area (Å²) in [5.74, 6) is 0. The molecule has 1 saturated carbocycles. The maximum atomic E-state index is 4.71. The van der Waals surface area contributed by atoms with E-state index in [9.17, 15) is 0 Å². The molecule has 1 fully saturated rings. The second kappa shape index (κ2) is 18.1. The molecule has 0 amide bonds. The zero-order valence-corrected chi connectivity index (χ0v) is 19.8. The Hall–Kier alpha value is -2.56. The van der Waals surface area contributed by atoms with Crippen molar-refractivity contribution in [3.63, 3.8) is 0 Å². The predicted molar refractivity (Wildman–Crippen MR) is 133 cm³/mol. The average molecular weight is 441 g/mol. The minimum atomic E-state index is 0.265. The van der Waals surface area contributed by atoms with Gasteiger partial charge in [0.15, 0.2) is 0 Å². The Morgan fingerprint density at radius 1 is 0.656 bits per heavy atom. The molecule has 4 heteroatoms. The number of ether oxygens (including phenoxy) is 4. The number of methoxy groups -OCH3 is 2. The molecule has 0 unspecified atom stereocenters. The molecule has 1 aliphatic rings. The van der Waals surface area contributed by atoms with Crippen LogP contribution in [0.3, 0.4) is 0 Å². The van der Waals surface area contributed by atoms with Crippen LogP contribution < -0.4 is 0 Å². The first-order chi connectivity index (χ1) is 15.7. The third-order valence-electron chi connectivity index (χ3n) is 5.41. The van der Waals surface area contributed by atoms with Gasteiger partial charge in [0.2, 0.25) is 0 Å². The summed E-state index contributed by atoms with van der Waals surface area (Å²) >= 11 is 0. The van der Waals surface area contributed by atoms with Crippen LogP contribution in [0.15, 0.2) is 86.3 Å².